The molecule has 3 aliphatic carbocycles. The van der Waals surface area contributed by atoms with Gasteiger partial charge in [0.25, 0.3) is 0 Å². The van der Waals surface area contributed by atoms with Crippen molar-refractivity contribution in [3.63, 3.8) is 0 Å². The Morgan fingerprint density at radius 3 is 2.33 bits per heavy atom. The van der Waals surface area contributed by atoms with Gasteiger partial charge in [0.1, 0.15) is 17.6 Å². The van der Waals surface area contributed by atoms with Crippen LogP contribution in [0.15, 0.2) is 48.3 Å². The quantitative estimate of drug-likeness (QED) is 0.122. The molecule has 0 spiro atoms. The third-order valence-electron chi connectivity index (χ3n) is 7.70. The van der Waals surface area contributed by atoms with Crippen LogP contribution < -0.4 is 4.74 Å². The maximum absolute atomic E-state index is 13.2. The first-order chi connectivity index (χ1) is 18.2. The van der Waals surface area contributed by atoms with Gasteiger partial charge < -0.3 is 18.4 Å². The number of rotatable bonds is 9. The maximum atomic E-state index is 13.2. The molecule has 1 aromatic rings. The van der Waals surface area contributed by atoms with Crippen molar-refractivity contribution in [3.05, 3.63) is 53.8 Å². The molecule has 11 heteroatoms. The van der Waals surface area contributed by atoms with Crippen LogP contribution in [-0.2, 0) is 35.2 Å². The van der Waals surface area contributed by atoms with Crippen LogP contribution in [0.3, 0.4) is 0 Å². The number of hydrogen-bond donors (Lipinski definition) is 0. The van der Waals surface area contributed by atoms with Crippen molar-refractivity contribution in [1.29, 1.82) is 0 Å². The van der Waals surface area contributed by atoms with Gasteiger partial charge in [-0.05, 0) is 87.5 Å². The van der Waals surface area contributed by atoms with E-state index >= 15 is 0 Å². The van der Waals surface area contributed by atoms with Crippen LogP contribution in [0.1, 0.15) is 45.6 Å². The monoisotopic (exact) mass is 572 g/mol. The summed E-state index contributed by atoms with van der Waals surface area (Å²) in [6.45, 7) is 5.81. The van der Waals surface area contributed by atoms with E-state index in [-0.39, 0.29) is 61.1 Å². The molecule has 7 nitrogen and oxygen atoms in total. The molecule has 0 heterocycles. The molecule has 1 aromatic carbocycles. The van der Waals surface area contributed by atoms with E-state index in [0.29, 0.717) is 18.6 Å². The molecule has 0 bridgehead atoms. The first-order valence-corrected chi connectivity index (χ1v) is 14.4. The summed E-state index contributed by atoms with van der Waals surface area (Å²) in [5.74, 6) is -0.804. The lowest BCUT2D eigenvalue weighted by atomic mass is 9.71. The summed E-state index contributed by atoms with van der Waals surface area (Å²) in [7, 11) is -4.25. The van der Waals surface area contributed by atoms with Crippen LogP contribution in [0.2, 0.25) is 0 Å². The molecule has 3 aliphatic rings. The molecule has 0 unspecified atom stereocenters. The highest BCUT2D eigenvalue weighted by atomic mass is 32.2. The van der Waals surface area contributed by atoms with Crippen LogP contribution in [0, 0.1) is 35.0 Å². The molecule has 1 fully saturated rings. The molecule has 39 heavy (non-hydrogen) atoms. The number of carbonyl (C=O) groups is 1. The molecule has 216 valence electrons. The summed E-state index contributed by atoms with van der Waals surface area (Å²) >= 11 is 0. The number of allylic oxidation sites excluding steroid dienone is 4. The van der Waals surface area contributed by atoms with Gasteiger partial charge in [-0.25, -0.2) is 0 Å². The molecule has 0 aliphatic heterocycles. The van der Waals surface area contributed by atoms with Crippen molar-refractivity contribution in [2.24, 2.45) is 35.0 Å². The fourth-order valence-electron chi connectivity index (χ4n) is 5.69. The highest BCUT2D eigenvalue weighted by Gasteiger charge is 2.53. The van der Waals surface area contributed by atoms with E-state index in [9.17, 15) is 26.4 Å². The Morgan fingerprint density at radius 2 is 1.72 bits per heavy atom. The number of alkyl halides is 3. The average molecular weight is 573 g/mol. The number of methoxy groups -OCH3 is 1. The molecular formula is C28H35F3O7S. The Labute approximate surface area is 227 Å². The minimum absolute atomic E-state index is 0.00447. The molecule has 1 saturated carbocycles. The largest absolute Gasteiger partial charge is 0.534 e. The fourth-order valence-corrected chi connectivity index (χ4v) is 6.21. The molecule has 0 N–H and O–H groups in total. The molecule has 6 atom stereocenters. The molecular weight excluding hydrogens is 537 g/mol. The van der Waals surface area contributed by atoms with Crippen molar-refractivity contribution in [2.75, 3.05) is 13.7 Å². The van der Waals surface area contributed by atoms with E-state index in [1.54, 1.807) is 40.0 Å². The number of hydrogen-bond acceptors (Lipinski definition) is 7. The zero-order chi connectivity index (χ0) is 28.6. The second-order valence-corrected chi connectivity index (χ2v) is 13.0. The second kappa shape index (κ2) is 11.2. The number of halogens is 3. The highest BCUT2D eigenvalue weighted by molar-refractivity contribution is 7.87. The van der Waals surface area contributed by atoms with Gasteiger partial charge in [-0.3, -0.25) is 4.79 Å². The lowest BCUT2D eigenvalue weighted by Gasteiger charge is -2.33. The van der Waals surface area contributed by atoms with E-state index < -0.39 is 27.0 Å². The van der Waals surface area contributed by atoms with E-state index in [1.165, 1.54) is 6.08 Å². The SMILES string of the molecule is COc1ccc(COCC[C@@H]2C(OS(=O)(=O)C(F)(F)F)=C[C@@H]3[C@H]2C=C[C@@H]2C[C@@H](OC(=O)C(C)(C)C)C[C@@H]32)cc1. The summed E-state index contributed by atoms with van der Waals surface area (Å²) in [6, 6.07) is 7.30. The number of ether oxygens (including phenoxy) is 3. The summed E-state index contributed by atoms with van der Waals surface area (Å²) < 4.78 is 84.7. The molecule has 0 amide bonds. The van der Waals surface area contributed by atoms with Crippen molar-refractivity contribution >= 4 is 16.1 Å². The van der Waals surface area contributed by atoms with Gasteiger partial charge in [0.15, 0.2) is 0 Å². The molecule has 4 rings (SSSR count). The summed E-state index contributed by atoms with van der Waals surface area (Å²) in [5, 5.41) is 0. The van der Waals surface area contributed by atoms with Crippen LogP contribution in [0.25, 0.3) is 0 Å². The van der Waals surface area contributed by atoms with Crippen molar-refractivity contribution in [2.45, 2.75) is 58.3 Å². The van der Waals surface area contributed by atoms with Gasteiger partial charge in [-0.1, -0.05) is 24.3 Å². The Balaban J connectivity index is 1.47. The van der Waals surface area contributed by atoms with Gasteiger partial charge in [0.2, 0.25) is 0 Å². The second-order valence-electron chi connectivity index (χ2n) is 11.5. The van der Waals surface area contributed by atoms with Crippen LogP contribution >= 0.6 is 0 Å². The topological polar surface area (TPSA) is 88.1 Å². The average Bonchev–Trinajstić information content (AvgIpc) is 3.41. The fraction of sp³-hybridized carbons (Fsp3) is 0.607. The molecule has 0 aromatic heterocycles. The standard InChI is InChI=1S/C28H35F3O7S/c1-27(2,3)26(32)37-20-13-18-7-10-21-22(11-12-36-16-17-5-8-19(35-4)9-6-17)25(15-24(21)23(18)14-20)38-39(33,34)28(29,30)31/h5-10,15,18,20-24H,11-14,16H2,1-4H3/t18-,20-,21+,22+,23-,24-/m1/s1. The van der Waals surface area contributed by atoms with Crippen molar-refractivity contribution in [1.82, 2.24) is 0 Å². The highest BCUT2D eigenvalue weighted by Crippen LogP contribution is 2.54. The van der Waals surface area contributed by atoms with Crippen molar-refractivity contribution in [3.8, 4) is 5.75 Å². The third kappa shape index (κ3) is 6.62. The normalized spacial score (nSPS) is 28.4. The lowest BCUT2D eigenvalue weighted by Crippen LogP contribution is -2.30. The van der Waals surface area contributed by atoms with E-state index in [2.05, 4.69) is 0 Å². The minimum atomic E-state index is -5.82. The lowest BCUT2D eigenvalue weighted by molar-refractivity contribution is -0.158. The Kier molecular flexibility index (Phi) is 8.42. The zero-order valence-corrected chi connectivity index (χ0v) is 23.3. The van der Waals surface area contributed by atoms with Crippen LogP contribution in [0.4, 0.5) is 13.2 Å². The first-order valence-electron chi connectivity index (χ1n) is 13.0. The Hall–Kier alpha value is -2.53. The summed E-state index contributed by atoms with van der Waals surface area (Å²) in [6.07, 6.45) is 6.65. The summed E-state index contributed by atoms with van der Waals surface area (Å²) in [4.78, 5) is 12.4. The number of esters is 1. The Morgan fingerprint density at radius 1 is 1.03 bits per heavy atom. The predicted molar refractivity (Wildman–Crippen MR) is 137 cm³/mol. The van der Waals surface area contributed by atoms with Gasteiger partial charge in [0.05, 0.1) is 19.1 Å². The van der Waals surface area contributed by atoms with Crippen molar-refractivity contribution < 1.29 is 44.8 Å². The van der Waals surface area contributed by atoms with E-state index in [0.717, 1.165) is 5.56 Å². The third-order valence-corrected chi connectivity index (χ3v) is 8.68. The number of fused-ring (bicyclic) bond motifs is 3. The van der Waals surface area contributed by atoms with Gasteiger partial charge >= 0.3 is 21.6 Å². The number of benzene rings is 1. The maximum Gasteiger partial charge on any atom is 0.534 e. The van der Waals surface area contributed by atoms with Gasteiger partial charge in [0, 0.05) is 12.5 Å². The Bertz CT molecular complexity index is 1200. The van der Waals surface area contributed by atoms with Gasteiger partial charge in [-0.15, -0.1) is 0 Å². The molecule has 0 radical (unpaired) electrons. The number of carbonyl (C=O) groups excluding carboxylic acids is 1. The predicted octanol–water partition coefficient (Wildman–Crippen LogP) is 5.77. The zero-order valence-electron chi connectivity index (χ0n) is 22.4. The smallest absolute Gasteiger partial charge is 0.497 e. The first kappa shape index (κ1) is 29.5. The van der Waals surface area contributed by atoms with Crippen LogP contribution in [-0.4, -0.2) is 39.7 Å². The van der Waals surface area contributed by atoms with E-state index in [4.69, 9.17) is 18.4 Å². The molecule has 0 saturated heterocycles. The minimum Gasteiger partial charge on any atom is -0.497 e. The van der Waals surface area contributed by atoms with E-state index in [1.807, 2.05) is 24.3 Å². The van der Waals surface area contributed by atoms with Crippen LogP contribution in [0.5, 0.6) is 5.75 Å². The van der Waals surface area contributed by atoms with Gasteiger partial charge in [-0.2, -0.15) is 21.6 Å². The summed E-state index contributed by atoms with van der Waals surface area (Å²) in [5.41, 5.74) is -5.29.